The third-order valence-electron chi connectivity index (χ3n) is 6.80. The van der Waals surface area contributed by atoms with E-state index in [9.17, 15) is 29.4 Å². The van der Waals surface area contributed by atoms with Crippen LogP contribution in [-0.4, -0.2) is 86.0 Å². The number of carbonyl (C=O) groups excluding carboxylic acids is 3. The molecule has 2 aliphatic rings. The highest BCUT2D eigenvalue weighted by Gasteiger charge is 2.39. The predicted octanol–water partition coefficient (Wildman–Crippen LogP) is -0.302. The lowest BCUT2D eigenvalue weighted by atomic mass is 10.0. The summed E-state index contributed by atoms with van der Waals surface area (Å²) in [5.74, 6) is -2.41. The molecule has 2 fully saturated rings. The first-order valence-electron chi connectivity index (χ1n) is 12.4. The number of phenolic OH excluding ortho intramolecular Hbond substituents is 1. The van der Waals surface area contributed by atoms with E-state index in [-0.39, 0.29) is 30.5 Å². The maximum atomic E-state index is 13.3. The number of rotatable bonds is 10. The van der Waals surface area contributed by atoms with Gasteiger partial charge in [0.25, 0.3) is 0 Å². The van der Waals surface area contributed by atoms with E-state index in [0.717, 1.165) is 19.4 Å². The van der Waals surface area contributed by atoms with E-state index in [1.165, 1.54) is 24.7 Å². The maximum Gasteiger partial charge on any atom is 0.326 e. The summed E-state index contributed by atoms with van der Waals surface area (Å²) in [6.07, 6.45) is 5.83. The van der Waals surface area contributed by atoms with Crippen molar-refractivity contribution in [2.45, 2.75) is 62.7 Å². The van der Waals surface area contributed by atoms with Crippen molar-refractivity contribution < 1.29 is 29.4 Å². The second-order valence-electron chi connectivity index (χ2n) is 9.45. The molecule has 2 aromatic rings. The molecule has 0 spiro atoms. The summed E-state index contributed by atoms with van der Waals surface area (Å²) in [5, 5.41) is 27.6. The van der Waals surface area contributed by atoms with Crippen molar-refractivity contribution in [1.29, 1.82) is 0 Å². The van der Waals surface area contributed by atoms with Crippen molar-refractivity contribution >= 4 is 23.7 Å². The summed E-state index contributed by atoms with van der Waals surface area (Å²) in [4.78, 5) is 59.8. The Bertz CT molecular complexity index is 1100. The van der Waals surface area contributed by atoms with Crippen LogP contribution in [0.4, 0.5) is 0 Å². The smallest absolute Gasteiger partial charge is 0.326 e. The van der Waals surface area contributed by atoms with Crippen molar-refractivity contribution in [3.05, 3.63) is 48.0 Å². The predicted molar refractivity (Wildman–Crippen MR) is 131 cm³/mol. The van der Waals surface area contributed by atoms with Crippen LogP contribution in [0.25, 0.3) is 0 Å². The van der Waals surface area contributed by atoms with Crippen LogP contribution in [0.15, 0.2) is 36.8 Å². The number of carbonyl (C=O) groups is 4. The number of benzene rings is 1. The molecular formula is C25H32N6O6. The molecule has 1 aromatic heterocycles. The van der Waals surface area contributed by atoms with E-state index in [2.05, 4.69) is 25.9 Å². The van der Waals surface area contributed by atoms with Gasteiger partial charge >= 0.3 is 5.97 Å². The standard InChI is InChI=1S/C25H32N6O6/c32-17-7-5-15(6-8-17)11-20(25(36)37)30-22(33)19(12-16-13-26-14-28-16)29-23(34)21-4-2-10-31(21)24(35)18-3-1-9-27-18/h5-8,13-14,18-21,27,32H,1-4,9-12H2,(H,26,28)(H,29,34)(H,30,33)(H,36,37). The van der Waals surface area contributed by atoms with Crippen molar-refractivity contribution in [3.63, 3.8) is 0 Å². The number of aromatic hydroxyl groups is 1. The number of likely N-dealkylation sites (tertiary alicyclic amines) is 1. The third-order valence-corrected chi connectivity index (χ3v) is 6.80. The van der Waals surface area contributed by atoms with Crippen LogP contribution in [0.1, 0.15) is 36.9 Å². The van der Waals surface area contributed by atoms with Gasteiger partial charge in [-0.25, -0.2) is 9.78 Å². The highest BCUT2D eigenvalue weighted by molar-refractivity contribution is 5.94. The van der Waals surface area contributed by atoms with Gasteiger partial charge in [-0.15, -0.1) is 0 Å². The van der Waals surface area contributed by atoms with E-state index in [0.29, 0.717) is 30.6 Å². The molecule has 0 aliphatic carbocycles. The number of carboxylic acids is 1. The Balaban J connectivity index is 1.46. The number of aromatic amines is 1. The van der Waals surface area contributed by atoms with Gasteiger partial charge in [0, 0.05) is 31.3 Å². The van der Waals surface area contributed by atoms with Gasteiger partial charge in [-0.2, -0.15) is 0 Å². The van der Waals surface area contributed by atoms with Crippen molar-refractivity contribution in [3.8, 4) is 5.75 Å². The van der Waals surface area contributed by atoms with Crippen LogP contribution in [0.5, 0.6) is 5.75 Å². The molecule has 4 atom stereocenters. The van der Waals surface area contributed by atoms with Crippen molar-refractivity contribution in [2.24, 2.45) is 0 Å². The Morgan fingerprint density at radius 1 is 1.05 bits per heavy atom. The summed E-state index contributed by atoms with van der Waals surface area (Å²) in [7, 11) is 0. The number of imidazole rings is 1. The minimum Gasteiger partial charge on any atom is -0.508 e. The summed E-state index contributed by atoms with van der Waals surface area (Å²) >= 11 is 0. The topological polar surface area (TPSA) is 177 Å². The summed E-state index contributed by atoms with van der Waals surface area (Å²) in [6.45, 7) is 1.24. The van der Waals surface area contributed by atoms with Gasteiger partial charge in [0.15, 0.2) is 0 Å². The number of amides is 3. The summed E-state index contributed by atoms with van der Waals surface area (Å²) < 4.78 is 0. The highest BCUT2D eigenvalue weighted by Crippen LogP contribution is 2.21. The number of H-pyrrole nitrogens is 1. The fourth-order valence-electron chi connectivity index (χ4n) is 4.83. The minimum absolute atomic E-state index is 0.00856. The first kappa shape index (κ1) is 26.1. The van der Waals surface area contributed by atoms with Crippen LogP contribution >= 0.6 is 0 Å². The molecule has 0 saturated carbocycles. The van der Waals surface area contributed by atoms with Gasteiger partial charge in [-0.3, -0.25) is 14.4 Å². The summed E-state index contributed by atoms with van der Waals surface area (Å²) in [5.41, 5.74) is 1.20. The molecule has 12 nitrogen and oxygen atoms in total. The summed E-state index contributed by atoms with van der Waals surface area (Å²) in [6, 6.07) is 2.69. The van der Waals surface area contributed by atoms with Gasteiger partial charge < -0.3 is 36.0 Å². The minimum atomic E-state index is -1.25. The van der Waals surface area contributed by atoms with Crippen LogP contribution in [0, 0.1) is 0 Å². The molecule has 4 rings (SSSR count). The largest absolute Gasteiger partial charge is 0.508 e. The van der Waals surface area contributed by atoms with Gasteiger partial charge in [0.05, 0.1) is 12.4 Å². The third kappa shape index (κ3) is 6.64. The molecule has 12 heteroatoms. The van der Waals surface area contributed by atoms with E-state index in [1.54, 1.807) is 17.0 Å². The van der Waals surface area contributed by atoms with Crippen molar-refractivity contribution in [2.75, 3.05) is 13.1 Å². The van der Waals surface area contributed by atoms with E-state index < -0.39 is 35.9 Å². The number of phenols is 1. The molecule has 3 heterocycles. The van der Waals surface area contributed by atoms with Gasteiger partial charge in [-0.05, 0) is 49.9 Å². The van der Waals surface area contributed by atoms with Crippen molar-refractivity contribution in [1.82, 2.24) is 30.8 Å². The number of aliphatic carboxylic acids is 1. The second-order valence-corrected chi connectivity index (χ2v) is 9.45. The molecule has 3 amide bonds. The van der Waals surface area contributed by atoms with Gasteiger partial charge in [0.2, 0.25) is 17.7 Å². The van der Waals surface area contributed by atoms with Crippen LogP contribution in [0.2, 0.25) is 0 Å². The fourth-order valence-corrected chi connectivity index (χ4v) is 4.83. The molecule has 198 valence electrons. The zero-order valence-electron chi connectivity index (χ0n) is 20.4. The first-order valence-corrected chi connectivity index (χ1v) is 12.4. The van der Waals surface area contributed by atoms with Gasteiger partial charge in [-0.1, -0.05) is 12.1 Å². The van der Waals surface area contributed by atoms with Gasteiger partial charge in [0.1, 0.15) is 23.9 Å². The Morgan fingerprint density at radius 2 is 1.84 bits per heavy atom. The maximum absolute atomic E-state index is 13.3. The zero-order valence-corrected chi connectivity index (χ0v) is 20.4. The molecule has 2 saturated heterocycles. The number of carboxylic acid groups (broad SMARTS) is 1. The molecule has 1 aromatic carbocycles. The number of hydrogen-bond donors (Lipinski definition) is 6. The fraction of sp³-hybridized carbons (Fsp3) is 0.480. The average molecular weight is 513 g/mol. The number of hydrogen-bond acceptors (Lipinski definition) is 7. The lowest BCUT2D eigenvalue weighted by Crippen LogP contribution is -2.57. The molecule has 6 N–H and O–H groups in total. The lowest BCUT2D eigenvalue weighted by Gasteiger charge is -2.28. The normalized spacial score (nSPS) is 20.8. The highest BCUT2D eigenvalue weighted by atomic mass is 16.4. The molecular weight excluding hydrogens is 480 g/mol. The quantitative estimate of drug-likeness (QED) is 0.251. The van der Waals surface area contributed by atoms with E-state index in [4.69, 9.17) is 0 Å². The number of nitrogens with zero attached hydrogens (tertiary/aromatic N) is 2. The monoisotopic (exact) mass is 512 g/mol. The molecule has 0 bridgehead atoms. The molecule has 37 heavy (non-hydrogen) atoms. The second kappa shape index (κ2) is 11.9. The van der Waals surface area contributed by atoms with Crippen LogP contribution in [0.3, 0.4) is 0 Å². The van der Waals surface area contributed by atoms with Crippen LogP contribution in [-0.2, 0) is 32.0 Å². The zero-order chi connectivity index (χ0) is 26.4. The van der Waals surface area contributed by atoms with E-state index >= 15 is 0 Å². The lowest BCUT2D eigenvalue weighted by molar-refractivity contribution is -0.143. The van der Waals surface area contributed by atoms with E-state index in [1.807, 2.05) is 0 Å². The number of aromatic nitrogens is 2. The molecule has 2 aliphatic heterocycles. The Hall–Kier alpha value is -3.93. The molecule has 0 radical (unpaired) electrons. The molecule has 4 unspecified atom stereocenters. The Labute approximate surface area is 213 Å². The van der Waals surface area contributed by atoms with Crippen LogP contribution < -0.4 is 16.0 Å². The average Bonchev–Trinajstić information content (AvgIpc) is 3.67. The Kier molecular flexibility index (Phi) is 8.39. The first-order chi connectivity index (χ1) is 17.8. The SMILES string of the molecule is O=C(O)C(Cc1ccc(O)cc1)NC(=O)C(Cc1cnc[nH]1)NC(=O)C1CCCN1C(=O)C1CCCN1. The Morgan fingerprint density at radius 3 is 2.49 bits per heavy atom. The number of nitrogens with one attached hydrogen (secondary N) is 4.